The van der Waals surface area contributed by atoms with Gasteiger partial charge in [0.2, 0.25) is 5.95 Å². The molecule has 1 fully saturated rings. The molecular formula is C18H21N7OS. The van der Waals surface area contributed by atoms with Gasteiger partial charge < -0.3 is 10.2 Å². The molecule has 0 aliphatic carbocycles. The topological polar surface area (TPSA) is 99.7 Å². The van der Waals surface area contributed by atoms with Crippen molar-refractivity contribution in [2.24, 2.45) is 0 Å². The molecule has 1 atom stereocenters. The second kappa shape index (κ2) is 7.07. The summed E-state index contributed by atoms with van der Waals surface area (Å²) in [5.41, 5.74) is 3.24. The van der Waals surface area contributed by atoms with Gasteiger partial charge in [0.05, 0.1) is 27.5 Å². The zero-order valence-electron chi connectivity index (χ0n) is 15.5. The Morgan fingerprint density at radius 1 is 1.33 bits per heavy atom. The van der Waals surface area contributed by atoms with Gasteiger partial charge in [0.1, 0.15) is 5.69 Å². The van der Waals surface area contributed by atoms with Crippen molar-refractivity contribution in [3.63, 3.8) is 0 Å². The third-order valence-electron chi connectivity index (χ3n) is 4.64. The number of H-pyrrole nitrogens is 1. The number of hydrogen-bond donors (Lipinski definition) is 2. The number of nitrogens with one attached hydrogen (secondary N) is 2. The van der Waals surface area contributed by atoms with Crippen molar-refractivity contribution in [3.05, 3.63) is 40.4 Å². The lowest BCUT2D eigenvalue weighted by Crippen LogP contribution is -2.37. The lowest BCUT2D eigenvalue weighted by atomic mass is 10.2. The summed E-state index contributed by atoms with van der Waals surface area (Å²) in [4.78, 5) is 29.2. The van der Waals surface area contributed by atoms with Gasteiger partial charge in [-0.05, 0) is 38.8 Å². The van der Waals surface area contributed by atoms with Crippen LogP contribution in [0.5, 0.6) is 0 Å². The van der Waals surface area contributed by atoms with E-state index in [1.54, 1.807) is 23.7 Å². The number of thiazole rings is 1. The Morgan fingerprint density at radius 3 is 2.89 bits per heavy atom. The van der Waals surface area contributed by atoms with Crippen LogP contribution in [-0.4, -0.2) is 50.2 Å². The van der Waals surface area contributed by atoms with E-state index in [1.807, 2.05) is 26.8 Å². The summed E-state index contributed by atoms with van der Waals surface area (Å²) in [7, 11) is 0. The highest BCUT2D eigenvalue weighted by molar-refractivity contribution is 7.15. The first-order chi connectivity index (χ1) is 13.0. The molecule has 1 unspecified atom stereocenters. The third-order valence-corrected chi connectivity index (χ3v) is 5.74. The molecule has 3 aromatic heterocycles. The molecule has 9 heteroatoms. The molecule has 4 heterocycles. The minimum Gasteiger partial charge on any atom is -0.346 e. The van der Waals surface area contributed by atoms with Crippen molar-refractivity contribution in [2.45, 2.75) is 33.2 Å². The number of aromatic amines is 1. The van der Waals surface area contributed by atoms with E-state index in [-0.39, 0.29) is 11.9 Å². The van der Waals surface area contributed by atoms with E-state index >= 15 is 0 Å². The second-order valence-electron chi connectivity index (χ2n) is 6.72. The number of aromatic nitrogens is 5. The molecule has 0 saturated carbocycles. The third kappa shape index (κ3) is 3.55. The molecular weight excluding hydrogens is 362 g/mol. The maximum absolute atomic E-state index is 12.4. The van der Waals surface area contributed by atoms with Crippen LogP contribution in [0.1, 0.15) is 33.2 Å². The summed E-state index contributed by atoms with van der Waals surface area (Å²) in [6, 6.07) is 1.97. The normalized spacial score (nSPS) is 16.7. The second-order valence-corrected chi connectivity index (χ2v) is 7.93. The SMILES string of the molecule is Cc1nc(C)c(-c2ccnc(N3CCC(NC(=O)c4[nH]ncc4C)C3)n2)s1. The standard InChI is InChI=1S/C18H21N7OS/c1-10-8-20-24-15(10)17(26)22-13-5-7-25(9-13)18-19-6-4-14(23-18)16-11(2)21-12(3)27-16/h4,6,8,13H,5,7,9H2,1-3H3,(H,20,24)(H,22,26). The summed E-state index contributed by atoms with van der Waals surface area (Å²) in [6.07, 6.45) is 4.29. The molecule has 0 spiro atoms. The Hall–Kier alpha value is -2.81. The molecule has 27 heavy (non-hydrogen) atoms. The van der Waals surface area contributed by atoms with E-state index in [4.69, 9.17) is 4.98 Å². The van der Waals surface area contributed by atoms with Crippen LogP contribution >= 0.6 is 11.3 Å². The number of anilines is 1. The van der Waals surface area contributed by atoms with E-state index in [9.17, 15) is 4.79 Å². The van der Waals surface area contributed by atoms with Gasteiger partial charge in [-0.25, -0.2) is 15.0 Å². The molecule has 0 bridgehead atoms. The Kier molecular flexibility index (Phi) is 4.61. The molecule has 140 valence electrons. The summed E-state index contributed by atoms with van der Waals surface area (Å²) >= 11 is 1.64. The Bertz CT molecular complexity index is 980. The number of amides is 1. The number of aryl methyl sites for hydroxylation is 3. The highest BCUT2D eigenvalue weighted by Crippen LogP contribution is 2.29. The van der Waals surface area contributed by atoms with E-state index in [2.05, 4.69) is 30.4 Å². The van der Waals surface area contributed by atoms with Gasteiger partial charge in [0.25, 0.3) is 5.91 Å². The van der Waals surface area contributed by atoms with Gasteiger partial charge >= 0.3 is 0 Å². The maximum atomic E-state index is 12.4. The van der Waals surface area contributed by atoms with Gasteiger partial charge in [-0.3, -0.25) is 9.89 Å². The molecule has 4 rings (SSSR count). The minimum atomic E-state index is -0.123. The zero-order chi connectivity index (χ0) is 19.0. The van der Waals surface area contributed by atoms with Crippen LogP contribution in [0.15, 0.2) is 18.5 Å². The fraction of sp³-hybridized carbons (Fsp3) is 0.389. The van der Waals surface area contributed by atoms with Crippen molar-refractivity contribution in [3.8, 4) is 10.6 Å². The summed E-state index contributed by atoms with van der Waals surface area (Å²) < 4.78 is 0. The smallest absolute Gasteiger partial charge is 0.269 e. The van der Waals surface area contributed by atoms with Crippen LogP contribution < -0.4 is 10.2 Å². The maximum Gasteiger partial charge on any atom is 0.269 e. The molecule has 2 N–H and O–H groups in total. The first kappa shape index (κ1) is 17.6. The Morgan fingerprint density at radius 2 is 2.19 bits per heavy atom. The molecule has 1 amide bonds. The molecule has 1 aliphatic rings. The first-order valence-electron chi connectivity index (χ1n) is 8.84. The number of hydrogen-bond acceptors (Lipinski definition) is 7. The molecule has 1 saturated heterocycles. The average Bonchev–Trinajstić information content (AvgIpc) is 3.35. The molecule has 0 radical (unpaired) electrons. The van der Waals surface area contributed by atoms with Crippen LogP contribution in [0.4, 0.5) is 5.95 Å². The van der Waals surface area contributed by atoms with Gasteiger partial charge in [-0.2, -0.15) is 5.10 Å². The summed E-state index contributed by atoms with van der Waals surface area (Å²) in [6.45, 7) is 7.35. The summed E-state index contributed by atoms with van der Waals surface area (Å²) in [5.74, 6) is 0.565. The van der Waals surface area contributed by atoms with E-state index in [0.29, 0.717) is 18.2 Å². The van der Waals surface area contributed by atoms with E-state index < -0.39 is 0 Å². The van der Waals surface area contributed by atoms with Crippen LogP contribution in [0, 0.1) is 20.8 Å². The minimum absolute atomic E-state index is 0.0554. The van der Waals surface area contributed by atoms with E-state index in [0.717, 1.165) is 39.8 Å². The fourth-order valence-corrected chi connectivity index (χ4v) is 4.18. The molecule has 3 aromatic rings. The van der Waals surface area contributed by atoms with Crippen LogP contribution in [0.2, 0.25) is 0 Å². The van der Waals surface area contributed by atoms with Crippen LogP contribution in [-0.2, 0) is 0 Å². The summed E-state index contributed by atoms with van der Waals surface area (Å²) in [5, 5.41) is 10.8. The molecule has 0 aromatic carbocycles. The van der Waals surface area contributed by atoms with Crippen molar-refractivity contribution in [2.75, 3.05) is 18.0 Å². The molecule has 1 aliphatic heterocycles. The monoisotopic (exact) mass is 383 g/mol. The molecule has 8 nitrogen and oxygen atoms in total. The van der Waals surface area contributed by atoms with Crippen LogP contribution in [0.3, 0.4) is 0 Å². The Labute approximate surface area is 161 Å². The Balaban J connectivity index is 1.46. The van der Waals surface area contributed by atoms with Crippen molar-refractivity contribution in [1.82, 2.24) is 30.5 Å². The zero-order valence-corrected chi connectivity index (χ0v) is 16.3. The lowest BCUT2D eigenvalue weighted by molar-refractivity contribution is 0.0934. The van der Waals surface area contributed by atoms with Gasteiger partial charge in [-0.15, -0.1) is 11.3 Å². The predicted molar refractivity (Wildman–Crippen MR) is 104 cm³/mol. The van der Waals surface area contributed by atoms with Crippen molar-refractivity contribution >= 4 is 23.2 Å². The highest BCUT2D eigenvalue weighted by atomic mass is 32.1. The number of nitrogens with zero attached hydrogens (tertiary/aromatic N) is 5. The highest BCUT2D eigenvalue weighted by Gasteiger charge is 2.27. The van der Waals surface area contributed by atoms with E-state index in [1.165, 1.54) is 0 Å². The van der Waals surface area contributed by atoms with Crippen molar-refractivity contribution < 1.29 is 4.79 Å². The average molecular weight is 383 g/mol. The van der Waals surface area contributed by atoms with Gasteiger partial charge in [-0.1, -0.05) is 0 Å². The lowest BCUT2D eigenvalue weighted by Gasteiger charge is -2.17. The number of rotatable bonds is 4. The first-order valence-corrected chi connectivity index (χ1v) is 9.66. The van der Waals surface area contributed by atoms with Crippen molar-refractivity contribution in [1.29, 1.82) is 0 Å². The number of carbonyl (C=O) groups is 1. The van der Waals surface area contributed by atoms with Crippen LogP contribution in [0.25, 0.3) is 10.6 Å². The predicted octanol–water partition coefficient (Wildman–Crippen LogP) is 2.26. The quantitative estimate of drug-likeness (QED) is 0.717. The fourth-order valence-electron chi connectivity index (χ4n) is 3.29. The largest absolute Gasteiger partial charge is 0.346 e. The van der Waals surface area contributed by atoms with Gasteiger partial charge in [0.15, 0.2) is 0 Å². The van der Waals surface area contributed by atoms with Gasteiger partial charge in [0, 0.05) is 25.3 Å². The number of carbonyl (C=O) groups excluding carboxylic acids is 1.